The number of ether oxygens (including phenoxy) is 1. The van der Waals surface area contributed by atoms with Gasteiger partial charge in [0.25, 0.3) is 0 Å². The maximum absolute atomic E-state index is 13.0. The molecule has 2 nitrogen and oxygen atoms in total. The third-order valence-corrected chi connectivity index (χ3v) is 7.11. The van der Waals surface area contributed by atoms with Crippen LogP contribution in [0.4, 0.5) is 0 Å². The van der Waals surface area contributed by atoms with Crippen LogP contribution in [0.25, 0.3) is 0 Å². The number of benzene rings is 1. The van der Waals surface area contributed by atoms with Crippen LogP contribution in [0, 0.1) is 6.92 Å². The summed E-state index contributed by atoms with van der Waals surface area (Å²) < 4.78 is 18.3. The molecule has 0 aliphatic carbocycles. The Kier molecular flexibility index (Phi) is 3.54. The number of aryl methyl sites for hydroxylation is 1. The average Bonchev–Trinajstić information content (AvgIpc) is 2.15. The number of hydrogen-bond donors (Lipinski definition) is 0. The van der Waals surface area contributed by atoms with E-state index in [2.05, 4.69) is 0 Å². The largest absolute Gasteiger partial charge is 0.496 e. The first-order valence-corrected chi connectivity index (χ1v) is 7.59. The SMILES string of the molecule is COc1cccc(C)c1[P@](C)(=O)C(C)(C)C. The Labute approximate surface area is 98.4 Å². The molecule has 0 aliphatic rings. The zero-order valence-corrected chi connectivity index (χ0v) is 11.9. The molecule has 0 bridgehead atoms. The van der Waals surface area contributed by atoms with Crippen molar-refractivity contribution in [1.82, 2.24) is 0 Å². The second-order valence-corrected chi connectivity index (χ2v) is 8.86. The van der Waals surface area contributed by atoms with Crippen molar-refractivity contribution >= 4 is 12.4 Å². The summed E-state index contributed by atoms with van der Waals surface area (Å²) in [5.41, 5.74) is 1.04. The van der Waals surface area contributed by atoms with E-state index < -0.39 is 7.14 Å². The van der Waals surface area contributed by atoms with Gasteiger partial charge in [0.2, 0.25) is 0 Å². The Morgan fingerprint density at radius 3 is 2.25 bits per heavy atom. The third-order valence-electron chi connectivity index (χ3n) is 3.13. The van der Waals surface area contributed by atoms with Crippen LogP contribution in [0.15, 0.2) is 18.2 Å². The molecule has 3 heteroatoms. The molecule has 1 aromatic carbocycles. The fourth-order valence-electron chi connectivity index (χ4n) is 1.68. The van der Waals surface area contributed by atoms with Crippen molar-refractivity contribution in [3.8, 4) is 5.75 Å². The first-order valence-electron chi connectivity index (χ1n) is 5.43. The molecule has 0 amide bonds. The molecule has 1 rings (SSSR count). The molecule has 0 unspecified atom stereocenters. The molecule has 0 radical (unpaired) electrons. The van der Waals surface area contributed by atoms with E-state index in [0.717, 1.165) is 16.6 Å². The lowest BCUT2D eigenvalue weighted by Gasteiger charge is -2.30. The van der Waals surface area contributed by atoms with Gasteiger partial charge in [0.15, 0.2) is 0 Å². The predicted octanol–water partition coefficient (Wildman–Crippen LogP) is 3.42. The van der Waals surface area contributed by atoms with E-state index in [1.54, 1.807) is 7.11 Å². The minimum Gasteiger partial charge on any atom is -0.496 e. The van der Waals surface area contributed by atoms with Gasteiger partial charge in [0.1, 0.15) is 12.9 Å². The maximum Gasteiger partial charge on any atom is 0.129 e. The molecule has 90 valence electrons. The third kappa shape index (κ3) is 2.17. The van der Waals surface area contributed by atoms with Gasteiger partial charge in [-0.25, -0.2) is 0 Å². The number of hydrogen-bond acceptors (Lipinski definition) is 2. The summed E-state index contributed by atoms with van der Waals surface area (Å²) in [5, 5.41) is 0.636. The van der Waals surface area contributed by atoms with Gasteiger partial charge >= 0.3 is 0 Å². The first kappa shape index (κ1) is 13.3. The van der Waals surface area contributed by atoms with Crippen LogP contribution >= 0.6 is 7.14 Å². The molecule has 0 saturated heterocycles. The summed E-state index contributed by atoms with van der Waals surface area (Å²) >= 11 is 0. The fourth-order valence-corrected chi connectivity index (χ4v) is 3.68. The predicted molar refractivity (Wildman–Crippen MR) is 70.6 cm³/mol. The summed E-state index contributed by atoms with van der Waals surface area (Å²) in [4.78, 5) is 0. The Hall–Kier alpha value is -0.750. The van der Waals surface area contributed by atoms with Crippen LogP contribution in [0.3, 0.4) is 0 Å². The van der Waals surface area contributed by atoms with Crippen molar-refractivity contribution in [3.63, 3.8) is 0 Å². The maximum atomic E-state index is 13.0. The Bertz CT molecular complexity index is 430. The molecule has 0 fully saturated rings. The molecular weight excluding hydrogens is 219 g/mol. The molecule has 0 aliphatic heterocycles. The van der Waals surface area contributed by atoms with Crippen molar-refractivity contribution < 1.29 is 9.30 Å². The minimum atomic E-state index is -2.45. The van der Waals surface area contributed by atoms with Crippen molar-refractivity contribution in [2.45, 2.75) is 32.9 Å². The second-order valence-electron chi connectivity index (χ2n) is 5.22. The summed E-state index contributed by atoms with van der Waals surface area (Å²) in [5.74, 6) is 0.737. The van der Waals surface area contributed by atoms with E-state index in [9.17, 15) is 4.57 Å². The highest BCUT2D eigenvalue weighted by atomic mass is 31.2. The quantitative estimate of drug-likeness (QED) is 0.740. The van der Waals surface area contributed by atoms with Crippen LogP contribution < -0.4 is 10.0 Å². The first-order chi connectivity index (χ1) is 7.21. The van der Waals surface area contributed by atoms with E-state index in [-0.39, 0.29) is 5.16 Å². The molecule has 1 atom stereocenters. The highest BCUT2D eigenvalue weighted by molar-refractivity contribution is 7.72. The van der Waals surface area contributed by atoms with Crippen molar-refractivity contribution in [2.24, 2.45) is 0 Å². The highest BCUT2D eigenvalue weighted by Crippen LogP contribution is 2.55. The molecule has 0 heterocycles. The van der Waals surface area contributed by atoms with Gasteiger partial charge in [0.05, 0.1) is 12.4 Å². The van der Waals surface area contributed by atoms with E-state index in [1.807, 2.05) is 52.6 Å². The summed E-state index contributed by atoms with van der Waals surface area (Å²) in [6, 6.07) is 5.80. The lowest BCUT2D eigenvalue weighted by molar-refractivity contribution is 0.417. The van der Waals surface area contributed by atoms with Crippen LogP contribution in [0.2, 0.25) is 0 Å². The van der Waals surface area contributed by atoms with Crippen molar-refractivity contribution in [2.75, 3.05) is 13.8 Å². The Morgan fingerprint density at radius 2 is 1.81 bits per heavy atom. The van der Waals surface area contributed by atoms with Gasteiger partial charge < -0.3 is 9.30 Å². The zero-order chi connectivity index (χ0) is 12.6. The molecule has 0 saturated carbocycles. The molecule has 0 N–H and O–H groups in total. The van der Waals surface area contributed by atoms with E-state index in [4.69, 9.17) is 4.74 Å². The normalized spacial score (nSPS) is 15.6. The van der Waals surface area contributed by atoms with Gasteiger partial charge in [0, 0.05) is 5.16 Å². The smallest absolute Gasteiger partial charge is 0.129 e. The topological polar surface area (TPSA) is 26.3 Å². The van der Waals surface area contributed by atoms with Gasteiger partial charge in [-0.2, -0.15) is 0 Å². The van der Waals surface area contributed by atoms with Gasteiger partial charge in [-0.1, -0.05) is 32.9 Å². The number of methoxy groups -OCH3 is 1. The molecular formula is C13H21O2P. The summed E-state index contributed by atoms with van der Waals surface area (Å²) in [6.07, 6.45) is 0. The fraction of sp³-hybridized carbons (Fsp3) is 0.538. The van der Waals surface area contributed by atoms with E-state index in [0.29, 0.717) is 0 Å². The van der Waals surface area contributed by atoms with Gasteiger partial charge in [-0.05, 0) is 25.2 Å². The Balaban J connectivity index is 3.49. The molecule has 0 aromatic heterocycles. The average molecular weight is 240 g/mol. The lowest BCUT2D eigenvalue weighted by Crippen LogP contribution is -2.25. The van der Waals surface area contributed by atoms with E-state index >= 15 is 0 Å². The second kappa shape index (κ2) is 4.25. The van der Waals surface area contributed by atoms with Crippen LogP contribution in [-0.4, -0.2) is 18.9 Å². The minimum absolute atomic E-state index is 0.244. The molecule has 16 heavy (non-hydrogen) atoms. The molecule has 0 spiro atoms. The van der Waals surface area contributed by atoms with Crippen molar-refractivity contribution in [3.05, 3.63) is 23.8 Å². The van der Waals surface area contributed by atoms with Gasteiger partial charge in [-0.15, -0.1) is 0 Å². The summed E-state index contributed by atoms with van der Waals surface area (Å²) in [6.45, 7) is 9.87. The van der Waals surface area contributed by atoms with Gasteiger partial charge in [-0.3, -0.25) is 0 Å². The van der Waals surface area contributed by atoms with Crippen LogP contribution in [0.1, 0.15) is 26.3 Å². The van der Waals surface area contributed by atoms with Crippen molar-refractivity contribution in [1.29, 1.82) is 0 Å². The molecule has 1 aromatic rings. The zero-order valence-electron chi connectivity index (χ0n) is 11.0. The Morgan fingerprint density at radius 1 is 1.25 bits per heavy atom. The highest BCUT2D eigenvalue weighted by Gasteiger charge is 2.36. The summed E-state index contributed by atoms with van der Waals surface area (Å²) in [7, 11) is -0.820. The standard InChI is InChI=1S/C13H21O2P/c1-10-8-7-9-11(15-5)12(10)16(6,14)13(2,3)4/h7-9H,1-6H3/t16-/m0/s1. The van der Waals surface area contributed by atoms with Crippen LogP contribution in [0.5, 0.6) is 5.75 Å². The monoisotopic (exact) mass is 240 g/mol. The number of rotatable bonds is 2. The lowest BCUT2D eigenvalue weighted by atomic mass is 10.2. The van der Waals surface area contributed by atoms with E-state index in [1.165, 1.54) is 0 Å². The van der Waals surface area contributed by atoms with Crippen LogP contribution in [-0.2, 0) is 4.57 Å².